The Morgan fingerprint density at radius 3 is 2.31 bits per heavy atom. The summed E-state index contributed by atoms with van der Waals surface area (Å²) in [5.41, 5.74) is 0.626. The minimum atomic E-state index is -1.05. The number of carbonyl (C=O) groups excluding carboxylic acids is 1. The lowest BCUT2D eigenvalue weighted by atomic mass is 9.51. The predicted molar refractivity (Wildman–Crippen MR) is 98.1 cm³/mol. The van der Waals surface area contributed by atoms with Crippen LogP contribution >= 0.6 is 0 Å². The second kappa shape index (κ2) is 7.50. The van der Waals surface area contributed by atoms with E-state index in [1.165, 1.54) is 25.0 Å². The molecule has 0 saturated heterocycles. The SMILES string of the molecule is CCC=CC(=O)Oc1ccc(C23CCC(CCC)(CC2)CC3)c(F)c1F. The first kappa shape index (κ1) is 19.1. The molecule has 0 N–H and O–H groups in total. The van der Waals surface area contributed by atoms with Gasteiger partial charge >= 0.3 is 5.97 Å². The van der Waals surface area contributed by atoms with E-state index in [9.17, 15) is 13.6 Å². The van der Waals surface area contributed by atoms with E-state index in [2.05, 4.69) is 6.92 Å². The summed E-state index contributed by atoms with van der Waals surface area (Å²) < 4.78 is 34.4. The van der Waals surface area contributed by atoms with Crippen molar-refractivity contribution < 1.29 is 18.3 Å². The number of carbonyl (C=O) groups is 1. The Morgan fingerprint density at radius 2 is 1.73 bits per heavy atom. The molecule has 3 aliphatic rings. The van der Waals surface area contributed by atoms with E-state index >= 15 is 0 Å². The number of allylic oxidation sites excluding steroid dienone is 1. The van der Waals surface area contributed by atoms with Crippen LogP contribution in [0.4, 0.5) is 8.78 Å². The van der Waals surface area contributed by atoms with Crippen molar-refractivity contribution in [2.75, 3.05) is 0 Å². The van der Waals surface area contributed by atoms with E-state index in [-0.39, 0.29) is 11.2 Å². The van der Waals surface area contributed by atoms with Crippen LogP contribution in [0.3, 0.4) is 0 Å². The van der Waals surface area contributed by atoms with Gasteiger partial charge in [-0.2, -0.15) is 4.39 Å². The van der Waals surface area contributed by atoms with E-state index < -0.39 is 17.6 Å². The van der Waals surface area contributed by atoms with Crippen molar-refractivity contribution in [2.24, 2.45) is 5.41 Å². The zero-order chi connectivity index (χ0) is 18.8. The quantitative estimate of drug-likeness (QED) is 0.341. The van der Waals surface area contributed by atoms with Crippen LogP contribution in [0.2, 0.25) is 0 Å². The second-order valence-electron chi connectivity index (χ2n) is 8.00. The van der Waals surface area contributed by atoms with Gasteiger partial charge in [-0.1, -0.05) is 32.4 Å². The first-order chi connectivity index (χ1) is 12.5. The van der Waals surface area contributed by atoms with Gasteiger partial charge in [0.05, 0.1) is 0 Å². The average Bonchev–Trinajstić information content (AvgIpc) is 2.65. The third-order valence-corrected chi connectivity index (χ3v) is 6.50. The molecule has 4 heteroatoms. The van der Waals surface area contributed by atoms with E-state index in [1.54, 1.807) is 12.1 Å². The van der Waals surface area contributed by atoms with E-state index in [0.29, 0.717) is 17.4 Å². The molecule has 0 unspecified atom stereocenters. The molecule has 0 amide bonds. The second-order valence-corrected chi connectivity index (χ2v) is 8.00. The van der Waals surface area contributed by atoms with Crippen LogP contribution in [-0.2, 0) is 10.2 Å². The number of ether oxygens (including phenoxy) is 1. The van der Waals surface area contributed by atoms with Crippen molar-refractivity contribution in [3.8, 4) is 5.75 Å². The summed E-state index contributed by atoms with van der Waals surface area (Å²) in [5.74, 6) is -2.91. The van der Waals surface area contributed by atoms with E-state index in [0.717, 1.165) is 38.5 Å². The van der Waals surface area contributed by atoms with Gasteiger partial charge in [0.2, 0.25) is 5.82 Å². The van der Waals surface area contributed by atoms with Crippen LogP contribution in [0, 0.1) is 17.0 Å². The minimum Gasteiger partial charge on any atom is -0.420 e. The lowest BCUT2D eigenvalue weighted by Crippen LogP contribution is -2.44. The first-order valence-electron chi connectivity index (χ1n) is 9.82. The molecule has 0 radical (unpaired) electrons. The number of esters is 1. The van der Waals surface area contributed by atoms with Crippen LogP contribution in [-0.4, -0.2) is 5.97 Å². The maximum atomic E-state index is 14.9. The fourth-order valence-corrected chi connectivity index (χ4v) is 4.95. The number of rotatable bonds is 6. The number of hydrogen-bond donors (Lipinski definition) is 0. The van der Waals surface area contributed by atoms with Gasteiger partial charge in [-0.05, 0) is 73.8 Å². The summed E-state index contributed by atoms with van der Waals surface area (Å²) in [6.45, 7) is 4.09. The topological polar surface area (TPSA) is 26.3 Å². The molecular formula is C22H28F2O2. The van der Waals surface area contributed by atoms with Crippen LogP contribution in [0.5, 0.6) is 5.75 Å². The molecular weight excluding hydrogens is 334 g/mol. The number of benzene rings is 1. The molecule has 3 saturated carbocycles. The third-order valence-electron chi connectivity index (χ3n) is 6.50. The van der Waals surface area contributed by atoms with Crippen molar-refractivity contribution in [2.45, 2.75) is 77.0 Å². The molecule has 26 heavy (non-hydrogen) atoms. The Balaban J connectivity index is 1.81. The molecule has 0 spiro atoms. The zero-order valence-corrected chi connectivity index (χ0v) is 15.7. The van der Waals surface area contributed by atoms with Crippen LogP contribution in [0.25, 0.3) is 0 Å². The number of fused-ring (bicyclic) bond motifs is 3. The van der Waals surface area contributed by atoms with Crippen molar-refractivity contribution >= 4 is 5.97 Å². The highest BCUT2D eigenvalue weighted by atomic mass is 19.2. The van der Waals surface area contributed by atoms with Gasteiger partial charge in [-0.25, -0.2) is 9.18 Å². The smallest absolute Gasteiger partial charge is 0.335 e. The highest BCUT2D eigenvalue weighted by Crippen LogP contribution is 2.59. The number of halogens is 2. The van der Waals surface area contributed by atoms with Crippen LogP contribution < -0.4 is 4.74 Å². The molecule has 2 bridgehead atoms. The predicted octanol–water partition coefficient (Wildman–Crippen LogP) is 6.23. The monoisotopic (exact) mass is 362 g/mol. The molecule has 1 aromatic rings. The van der Waals surface area contributed by atoms with Crippen molar-refractivity contribution in [3.05, 3.63) is 41.5 Å². The molecule has 4 rings (SSSR count). The Kier molecular flexibility index (Phi) is 5.50. The molecule has 0 aliphatic heterocycles. The fraction of sp³-hybridized carbons (Fsp3) is 0.591. The molecule has 0 aromatic heterocycles. The molecule has 2 nitrogen and oxygen atoms in total. The highest BCUT2D eigenvalue weighted by Gasteiger charge is 2.49. The lowest BCUT2D eigenvalue weighted by molar-refractivity contribution is -0.129. The summed E-state index contributed by atoms with van der Waals surface area (Å²) in [4.78, 5) is 11.6. The van der Waals surface area contributed by atoms with Crippen molar-refractivity contribution in [3.63, 3.8) is 0 Å². The molecule has 0 atom stereocenters. The van der Waals surface area contributed by atoms with Crippen molar-refractivity contribution in [1.82, 2.24) is 0 Å². The first-order valence-corrected chi connectivity index (χ1v) is 9.82. The largest absolute Gasteiger partial charge is 0.420 e. The minimum absolute atomic E-state index is 0.259. The standard InChI is InChI=1S/C22H28F2O2/c1-3-5-6-18(25)26-17-8-7-16(19(23)20(17)24)22-13-10-21(9-4-2,11-14-22)12-15-22/h5-8H,3-4,9-15H2,1-2H3. The molecule has 1 aromatic carbocycles. The van der Waals surface area contributed by atoms with Crippen molar-refractivity contribution in [1.29, 1.82) is 0 Å². The summed E-state index contributed by atoms with van der Waals surface area (Å²) in [7, 11) is 0. The van der Waals surface area contributed by atoms with Gasteiger partial charge < -0.3 is 4.74 Å². The van der Waals surface area contributed by atoms with E-state index in [4.69, 9.17) is 4.74 Å². The summed E-state index contributed by atoms with van der Waals surface area (Å²) in [5, 5.41) is 0. The molecule has 0 heterocycles. The number of hydrogen-bond acceptors (Lipinski definition) is 2. The maximum Gasteiger partial charge on any atom is 0.335 e. The molecule has 3 fully saturated rings. The van der Waals surface area contributed by atoms with Gasteiger partial charge in [-0.15, -0.1) is 0 Å². The summed E-state index contributed by atoms with van der Waals surface area (Å²) >= 11 is 0. The lowest BCUT2D eigenvalue weighted by Gasteiger charge is -2.54. The van der Waals surface area contributed by atoms with Gasteiger partial charge in [0, 0.05) is 6.08 Å². The zero-order valence-electron chi connectivity index (χ0n) is 15.7. The Hall–Kier alpha value is -1.71. The third kappa shape index (κ3) is 3.43. The van der Waals surface area contributed by atoms with Crippen LogP contribution in [0.1, 0.15) is 77.2 Å². The van der Waals surface area contributed by atoms with Gasteiger partial charge in [0.1, 0.15) is 0 Å². The Morgan fingerprint density at radius 1 is 1.08 bits per heavy atom. The normalized spacial score (nSPS) is 27.8. The van der Waals surface area contributed by atoms with Gasteiger partial charge in [0.25, 0.3) is 0 Å². The Labute approximate surface area is 154 Å². The molecule has 142 valence electrons. The van der Waals surface area contributed by atoms with Gasteiger partial charge in [0.15, 0.2) is 11.6 Å². The fourth-order valence-electron chi connectivity index (χ4n) is 4.95. The summed E-state index contributed by atoms with van der Waals surface area (Å²) in [6, 6.07) is 3.03. The maximum absolute atomic E-state index is 14.9. The van der Waals surface area contributed by atoms with Gasteiger partial charge in [-0.3, -0.25) is 0 Å². The molecule has 3 aliphatic carbocycles. The summed E-state index contributed by atoms with van der Waals surface area (Å²) in [6.07, 6.45) is 12.0. The highest BCUT2D eigenvalue weighted by molar-refractivity contribution is 5.84. The van der Waals surface area contributed by atoms with E-state index in [1.807, 2.05) is 6.92 Å². The average molecular weight is 362 g/mol. The Bertz CT molecular complexity index is 684. The van der Waals surface area contributed by atoms with Crippen LogP contribution in [0.15, 0.2) is 24.3 Å².